The number of carbonyl (C=O) groups is 1. The van der Waals surface area contributed by atoms with Crippen LogP contribution in [0.15, 0.2) is 52.0 Å². The van der Waals surface area contributed by atoms with E-state index in [1.807, 2.05) is 4.90 Å². The van der Waals surface area contributed by atoms with E-state index in [0.29, 0.717) is 25.4 Å². The van der Waals surface area contributed by atoms with Crippen molar-refractivity contribution < 1.29 is 22.0 Å². The predicted octanol–water partition coefficient (Wildman–Crippen LogP) is 1.04. The summed E-state index contributed by atoms with van der Waals surface area (Å²) in [5, 5.41) is 2.76. The molecule has 1 aliphatic rings. The number of amides is 1. The van der Waals surface area contributed by atoms with E-state index in [9.17, 15) is 17.6 Å². The van der Waals surface area contributed by atoms with Gasteiger partial charge in [-0.15, -0.1) is 0 Å². The Morgan fingerprint density at radius 2 is 1.92 bits per heavy atom. The number of piperazine rings is 1. The average molecular weight is 381 g/mol. The molecular weight excluding hydrogens is 361 g/mol. The summed E-state index contributed by atoms with van der Waals surface area (Å²) in [6, 6.07) is 8.51. The molecule has 26 heavy (non-hydrogen) atoms. The van der Waals surface area contributed by atoms with Crippen molar-refractivity contribution in [1.29, 1.82) is 0 Å². The number of hydrogen-bond acceptors (Lipinski definition) is 5. The monoisotopic (exact) mass is 381 g/mol. The molecule has 1 N–H and O–H groups in total. The maximum Gasteiger partial charge on any atom is 0.243 e. The molecule has 3 rings (SSSR count). The second-order valence-electron chi connectivity index (χ2n) is 5.99. The molecule has 0 radical (unpaired) electrons. The van der Waals surface area contributed by atoms with Gasteiger partial charge >= 0.3 is 0 Å². The van der Waals surface area contributed by atoms with E-state index < -0.39 is 15.8 Å². The highest BCUT2D eigenvalue weighted by Crippen LogP contribution is 2.18. The molecular formula is C17H20FN3O4S. The summed E-state index contributed by atoms with van der Waals surface area (Å²) in [6.45, 7) is 1.88. The molecule has 9 heteroatoms. The normalized spacial score (nSPS) is 16.5. The molecule has 1 amide bonds. The highest BCUT2D eigenvalue weighted by molar-refractivity contribution is 7.89. The van der Waals surface area contributed by atoms with Crippen molar-refractivity contribution in [2.75, 3.05) is 32.7 Å². The Morgan fingerprint density at radius 3 is 2.58 bits per heavy atom. The molecule has 0 atom stereocenters. The zero-order valence-electron chi connectivity index (χ0n) is 14.1. The lowest BCUT2D eigenvalue weighted by Crippen LogP contribution is -2.50. The van der Waals surface area contributed by atoms with Gasteiger partial charge in [-0.25, -0.2) is 12.8 Å². The van der Waals surface area contributed by atoms with Gasteiger partial charge in [-0.1, -0.05) is 6.07 Å². The Bertz CT molecular complexity index is 847. The van der Waals surface area contributed by atoms with Gasteiger partial charge in [-0.05, 0) is 30.3 Å². The highest BCUT2D eigenvalue weighted by atomic mass is 32.2. The number of nitrogens with one attached hydrogen (secondary N) is 1. The zero-order chi connectivity index (χ0) is 18.6. The maximum atomic E-state index is 13.3. The van der Waals surface area contributed by atoms with Gasteiger partial charge in [-0.3, -0.25) is 9.69 Å². The largest absolute Gasteiger partial charge is 0.467 e. The topological polar surface area (TPSA) is 82.9 Å². The second-order valence-corrected chi connectivity index (χ2v) is 7.93. The van der Waals surface area contributed by atoms with E-state index in [4.69, 9.17) is 4.42 Å². The van der Waals surface area contributed by atoms with Crippen molar-refractivity contribution in [2.45, 2.75) is 11.4 Å². The first-order valence-electron chi connectivity index (χ1n) is 8.22. The molecule has 1 saturated heterocycles. The molecule has 1 aromatic carbocycles. The van der Waals surface area contributed by atoms with E-state index >= 15 is 0 Å². The molecule has 7 nitrogen and oxygen atoms in total. The zero-order valence-corrected chi connectivity index (χ0v) is 14.9. The SMILES string of the molecule is O=C(CN1CCN(S(=O)(=O)c2cccc(F)c2)CC1)NCc1ccco1. The summed E-state index contributed by atoms with van der Waals surface area (Å²) in [5.41, 5.74) is 0. The molecule has 0 spiro atoms. The van der Waals surface area contributed by atoms with Crippen LogP contribution in [-0.4, -0.2) is 56.3 Å². The number of benzene rings is 1. The number of halogens is 1. The van der Waals surface area contributed by atoms with Crippen molar-refractivity contribution in [3.63, 3.8) is 0 Å². The van der Waals surface area contributed by atoms with Gasteiger partial charge in [0.2, 0.25) is 15.9 Å². The van der Waals surface area contributed by atoms with Crippen LogP contribution in [-0.2, 0) is 21.4 Å². The molecule has 0 bridgehead atoms. The van der Waals surface area contributed by atoms with Crippen LogP contribution in [0.3, 0.4) is 0 Å². The highest BCUT2D eigenvalue weighted by Gasteiger charge is 2.29. The minimum Gasteiger partial charge on any atom is -0.467 e. The molecule has 2 aromatic rings. The molecule has 140 valence electrons. The predicted molar refractivity (Wildman–Crippen MR) is 92.2 cm³/mol. The second kappa shape index (κ2) is 7.98. The summed E-state index contributed by atoms with van der Waals surface area (Å²) in [4.78, 5) is 13.8. The van der Waals surface area contributed by atoms with Crippen LogP contribution in [0.25, 0.3) is 0 Å². The summed E-state index contributed by atoms with van der Waals surface area (Å²) < 4.78 is 44.9. The average Bonchev–Trinajstić information content (AvgIpc) is 3.14. The fourth-order valence-corrected chi connectivity index (χ4v) is 4.22. The summed E-state index contributed by atoms with van der Waals surface area (Å²) in [5.74, 6) is -0.0647. The van der Waals surface area contributed by atoms with Gasteiger partial charge in [-0.2, -0.15) is 4.31 Å². The quantitative estimate of drug-likeness (QED) is 0.809. The summed E-state index contributed by atoms with van der Waals surface area (Å²) >= 11 is 0. The van der Waals surface area contributed by atoms with E-state index in [1.54, 1.807) is 18.4 Å². The first-order valence-corrected chi connectivity index (χ1v) is 9.66. The van der Waals surface area contributed by atoms with Gasteiger partial charge in [0.1, 0.15) is 11.6 Å². The lowest BCUT2D eigenvalue weighted by atomic mass is 10.3. The number of hydrogen-bond donors (Lipinski definition) is 1. The van der Waals surface area contributed by atoms with Crippen LogP contribution in [0.5, 0.6) is 0 Å². The molecule has 0 unspecified atom stereocenters. The van der Waals surface area contributed by atoms with Crippen LogP contribution in [0.1, 0.15) is 5.76 Å². The van der Waals surface area contributed by atoms with Crippen molar-refractivity contribution in [1.82, 2.24) is 14.5 Å². The van der Waals surface area contributed by atoms with Crippen LogP contribution in [0.4, 0.5) is 4.39 Å². The van der Waals surface area contributed by atoms with Crippen molar-refractivity contribution in [2.24, 2.45) is 0 Å². The van der Waals surface area contributed by atoms with E-state index in [2.05, 4.69) is 5.32 Å². The number of carbonyl (C=O) groups excluding carboxylic acids is 1. The number of sulfonamides is 1. The lowest BCUT2D eigenvalue weighted by molar-refractivity contribution is -0.122. The Morgan fingerprint density at radius 1 is 1.15 bits per heavy atom. The standard InChI is InChI=1S/C17H20FN3O4S/c18-14-3-1-5-16(11-14)26(23,24)21-8-6-20(7-9-21)13-17(22)19-12-15-4-2-10-25-15/h1-5,10-11H,6-9,12-13H2,(H,19,22). The van der Waals surface area contributed by atoms with Crippen molar-refractivity contribution >= 4 is 15.9 Å². The van der Waals surface area contributed by atoms with Gasteiger partial charge in [0.25, 0.3) is 0 Å². The smallest absolute Gasteiger partial charge is 0.243 e. The molecule has 1 aromatic heterocycles. The Labute approximate surface area is 151 Å². The number of nitrogens with zero attached hydrogens (tertiary/aromatic N) is 2. The van der Waals surface area contributed by atoms with Gasteiger partial charge < -0.3 is 9.73 Å². The minimum atomic E-state index is -3.72. The van der Waals surface area contributed by atoms with Gasteiger partial charge in [0.15, 0.2) is 0 Å². The summed E-state index contributed by atoms with van der Waals surface area (Å²) in [6.07, 6.45) is 1.54. The molecule has 2 heterocycles. The minimum absolute atomic E-state index is 0.0536. The molecule has 1 aliphatic heterocycles. The Balaban J connectivity index is 1.50. The van der Waals surface area contributed by atoms with Crippen LogP contribution >= 0.6 is 0 Å². The third kappa shape index (κ3) is 4.48. The van der Waals surface area contributed by atoms with Crippen LogP contribution in [0.2, 0.25) is 0 Å². The van der Waals surface area contributed by atoms with E-state index in [1.165, 1.54) is 22.5 Å². The van der Waals surface area contributed by atoms with Crippen molar-refractivity contribution in [3.05, 3.63) is 54.2 Å². The molecule has 0 aliphatic carbocycles. The van der Waals surface area contributed by atoms with Gasteiger partial charge in [0, 0.05) is 26.2 Å². The first kappa shape index (κ1) is 18.6. The van der Waals surface area contributed by atoms with Crippen LogP contribution < -0.4 is 5.32 Å². The molecule has 1 fully saturated rings. The maximum absolute atomic E-state index is 13.3. The first-order chi connectivity index (χ1) is 12.4. The fraction of sp³-hybridized carbons (Fsp3) is 0.353. The lowest BCUT2D eigenvalue weighted by Gasteiger charge is -2.33. The summed E-state index contributed by atoms with van der Waals surface area (Å²) in [7, 11) is -3.72. The van der Waals surface area contributed by atoms with E-state index in [-0.39, 0.29) is 30.4 Å². The molecule has 0 saturated carbocycles. The van der Waals surface area contributed by atoms with Gasteiger partial charge in [0.05, 0.1) is 24.2 Å². The third-order valence-electron chi connectivity index (χ3n) is 4.17. The Kier molecular flexibility index (Phi) is 5.70. The van der Waals surface area contributed by atoms with E-state index in [0.717, 1.165) is 6.07 Å². The van der Waals surface area contributed by atoms with Crippen LogP contribution in [0, 0.1) is 5.82 Å². The fourth-order valence-electron chi connectivity index (χ4n) is 2.76. The van der Waals surface area contributed by atoms with Crippen molar-refractivity contribution in [3.8, 4) is 0 Å². The number of furan rings is 1. The Hall–Kier alpha value is -2.23. The number of rotatable bonds is 6. The third-order valence-corrected chi connectivity index (χ3v) is 6.07.